The van der Waals surface area contributed by atoms with Crippen molar-refractivity contribution in [3.8, 4) is 0 Å². The van der Waals surface area contributed by atoms with Crippen LogP contribution < -0.4 is 15.5 Å². The minimum atomic E-state index is -0.277. The zero-order valence-electron chi connectivity index (χ0n) is 18.0. The maximum atomic E-state index is 14.7. The summed E-state index contributed by atoms with van der Waals surface area (Å²) in [5.41, 5.74) is 2.17. The molecular formula is C22H29FIN7O. The Kier molecular flexibility index (Phi) is 8.62. The van der Waals surface area contributed by atoms with Gasteiger partial charge in [-0.2, -0.15) is 0 Å². The second-order valence-corrected chi connectivity index (χ2v) is 7.60. The van der Waals surface area contributed by atoms with Gasteiger partial charge in [0.1, 0.15) is 5.82 Å². The summed E-state index contributed by atoms with van der Waals surface area (Å²) in [4.78, 5) is 6.57. The van der Waals surface area contributed by atoms with Crippen LogP contribution >= 0.6 is 24.0 Å². The van der Waals surface area contributed by atoms with Crippen molar-refractivity contribution < 1.29 is 9.50 Å². The molecule has 172 valence electrons. The minimum Gasteiger partial charge on any atom is -0.393 e. The summed E-state index contributed by atoms with van der Waals surface area (Å²) in [7, 11) is 0. The molecule has 2 aromatic heterocycles. The van der Waals surface area contributed by atoms with Gasteiger partial charge >= 0.3 is 0 Å². The van der Waals surface area contributed by atoms with E-state index in [0.29, 0.717) is 57.2 Å². The Balaban J connectivity index is 0.00000289. The van der Waals surface area contributed by atoms with E-state index in [-0.39, 0.29) is 35.9 Å². The first-order chi connectivity index (χ1) is 15.1. The third-order valence-corrected chi connectivity index (χ3v) is 5.38. The van der Waals surface area contributed by atoms with Crippen LogP contribution in [0.3, 0.4) is 0 Å². The number of nitrogens with zero attached hydrogens (tertiary/aromatic N) is 5. The number of piperidine rings is 1. The van der Waals surface area contributed by atoms with Crippen LogP contribution in [0.2, 0.25) is 0 Å². The number of pyridine rings is 1. The highest BCUT2D eigenvalue weighted by Crippen LogP contribution is 2.24. The third-order valence-electron chi connectivity index (χ3n) is 5.38. The molecular weight excluding hydrogens is 524 g/mol. The first-order valence-electron chi connectivity index (χ1n) is 10.7. The fourth-order valence-electron chi connectivity index (χ4n) is 3.70. The number of rotatable bonds is 6. The van der Waals surface area contributed by atoms with Crippen molar-refractivity contribution in [2.24, 2.45) is 4.99 Å². The molecule has 3 N–H and O–H groups in total. The molecule has 0 aliphatic carbocycles. The molecule has 1 aliphatic heterocycles. The Morgan fingerprint density at radius 1 is 1.19 bits per heavy atom. The Labute approximate surface area is 204 Å². The monoisotopic (exact) mass is 553 g/mol. The zero-order valence-corrected chi connectivity index (χ0v) is 20.4. The molecule has 0 saturated carbocycles. The predicted molar refractivity (Wildman–Crippen MR) is 134 cm³/mol. The SMILES string of the molecule is CCNC(=NCc1ccc(N2CCC(O)CC2)c(F)c1)NCc1nnc2ccccn12.I. The smallest absolute Gasteiger partial charge is 0.191 e. The fourth-order valence-corrected chi connectivity index (χ4v) is 3.70. The number of aliphatic imine (C=N–C) groups is 1. The van der Waals surface area contributed by atoms with Gasteiger partial charge in [-0.15, -0.1) is 34.2 Å². The van der Waals surface area contributed by atoms with Gasteiger partial charge in [-0.3, -0.25) is 4.40 Å². The highest BCUT2D eigenvalue weighted by atomic mass is 127. The van der Waals surface area contributed by atoms with Crippen LogP contribution in [0.15, 0.2) is 47.6 Å². The normalized spacial score (nSPS) is 15.0. The van der Waals surface area contributed by atoms with Crippen LogP contribution in [0, 0.1) is 5.82 Å². The van der Waals surface area contributed by atoms with Gasteiger partial charge in [0.15, 0.2) is 17.4 Å². The molecule has 3 heterocycles. The van der Waals surface area contributed by atoms with E-state index in [0.717, 1.165) is 17.0 Å². The van der Waals surface area contributed by atoms with Crippen LogP contribution in [-0.4, -0.2) is 51.4 Å². The summed E-state index contributed by atoms with van der Waals surface area (Å²) in [6, 6.07) is 11.0. The molecule has 0 bridgehead atoms. The number of fused-ring (bicyclic) bond motifs is 1. The molecule has 4 rings (SSSR count). The lowest BCUT2D eigenvalue weighted by molar-refractivity contribution is 0.145. The lowest BCUT2D eigenvalue weighted by Gasteiger charge is -2.31. The largest absolute Gasteiger partial charge is 0.393 e. The van der Waals surface area contributed by atoms with Crippen LogP contribution in [0.25, 0.3) is 5.65 Å². The highest BCUT2D eigenvalue weighted by molar-refractivity contribution is 14.0. The van der Waals surface area contributed by atoms with Gasteiger partial charge < -0.3 is 20.6 Å². The Morgan fingerprint density at radius 2 is 2.00 bits per heavy atom. The fraction of sp³-hybridized carbons (Fsp3) is 0.409. The summed E-state index contributed by atoms with van der Waals surface area (Å²) >= 11 is 0. The number of aromatic nitrogens is 3. The van der Waals surface area contributed by atoms with Gasteiger partial charge in [-0.1, -0.05) is 12.1 Å². The first-order valence-corrected chi connectivity index (χ1v) is 10.7. The predicted octanol–water partition coefficient (Wildman–Crippen LogP) is 2.70. The number of guanidine groups is 1. The van der Waals surface area contributed by atoms with Crippen molar-refractivity contribution in [2.75, 3.05) is 24.5 Å². The van der Waals surface area contributed by atoms with E-state index in [1.165, 1.54) is 0 Å². The summed E-state index contributed by atoms with van der Waals surface area (Å²) in [6.45, 7) is 4.86. The second-order valence-electron chi connectivity index (χ2n) is 7.60. The van der Waals surface area contributed by atoms with Crippen molar-refractivity contribution in [1.29, 1.82) is 0 Å². The van der Waals surface area contributed by atoms with E-state index in [1.807, 2.05) is 46.7 Å². The molecule has 0 radical (unpaired) electrons. The maximum absolute atomic E-state index is 14.7. The lowest BCUT2D eigenvalue weighted by Crippen LogP contribution is -2.37. The van der Waals surface area contributed by atoms with Crippen LogP contribution in [-0.2, 0) is 13.1 Å². The molecule has 32 heavy (non-hydrogen) atoms. The summed E-state index contributed by atoms with van der Waals surface area (Å²) in [6.07, 6.45) is 2.99. The molecule has 1 fully saturated rings. The second kappa shape index (κ2) is 11.4. The van der Waals surface area contributed by atoms with E-state index < -0.39 is 0 Å². The Morgan fingerprint density at radius 3 is 2.75 bits per heavy atom. The van der Waals surface area contributed by atoms with Crippen LogP contribution in [0.4, 0.5) is 10.1 Å². The van der Waals surface area contributed by atoms with Crippen molar-refractivity contribution >= 4 is 41.3 Å². The van der Waals surface area contributed by atoms with Gasteiger partial charge in [0.25, 0.3) is 0 Å². The van der Waals surface area contributed by atoms with Crippen molar-refractivity contribution in [3.63, 3.8) is 0 Å². The Bertz CT molecular complexity index is 1050. The number of hydrogen-bond donors (Lipinski definition) is 3. The number of benzene rings is 1. The molecule has 0 unspecified atom stereocenters. The minimum absolute atomic E-state index is 0. The zero-order chi connectivity index (χ0) is 21.6. The molecule has 0 atom stereocenters. The average molecular weight is 553 g/mol. The number of aliphatic hydroxyl groups excluding tert-OH is 1. The molecule has 3 aromatic rings. The van der Waals surface area contributed by atoms with Crippen LogP contribution in [0.5, 0.6) is 0 Å². The van der Waals surface area contributed by atoms with E-state index in [1.54, 1.807) is 12.1 Å². The number of anilines is 1. The van der Waals surface area contributed by atoms with Crippen molar-refractivity contribution in [2.45, 2.75) is 39.0 Å². The topological polar surface area (TPSA) is 90.1 Å². The van der Waals surface area contributed by atoms with E-state index in [9.17, 15) is 9.50 Å². The van der Waals surface area contributed by atoms with Crippen LogP contribution in [0.1, 0.15) is 31.2 Å². The summed E-state index contributed by atoms with van der Waals surface area (Å²) < 4.78 is 16.6. The number of nitrogens with one attached hydrogen (secondary N) is 2. The van der Waals surface area contributed by atoms with E-state index in [4.69, 9.17) is 0 Å². The molecule has 1 aromatic carbocycles. The quantitative estimate of drug-likeness (QED) is 0.247. The summed E-state index contributed by atoms with van der Waals surface area (Å²) in [5.74, 6) is 1.16. The number of halogens is 2. The first kappa shape index (κ1) is 24.2. The maximum Gasteiger partial charge on any atom is 0.191 e. The molecule has 8 nitrogen and oxygen atoms in total. The van der Waals surface area contributed by atoms with Crippen molar-refractivity contribution in [3.05, 3.63) is 59.8 Å². The van der Waals surface area contributed by atoms with Gasteiger partial charge in [-0.05, 0) is 49.6 Å². The standard InChI is InChI=1S/C22H28FN7O.HI/c1-2-24-22(26-15-21-28-27-20-5-3-4-10-30(20)21)25-14-16-6-7-19(18(23)13-16)29-11-8-17(31)9-12-29;/h3-7,10,13,17,31H,2,8-9,11-12,14-15H2,1H3,(H2,24,25,26);1H. The molecule has 0 spiro atoms. The number of aliphatic hydroxyl groups is 1. The molecule has 10 heteroatoms. The third kappa shape index (κ3) is 5.85. The van der Waals surface area contributed by atoms with E-state index in [2.05, 4.69) is 25.8 Å². The average Bonchev–Trinajstić information content (AvgIpc) is 3.20. The van der Waals surface area contributed by atoms with Gasteiger partial charge in [-0.25, -0.2) is 9.38 Å². The van der Waals surface area contributed by atoms with Gasteiger partial charge in [0, 0.05) is 25.8 Å². The van der Waals surface area contributed by atoms with Gasteiger partial charge in [0.2, 0.25) is 0 Å². The molecule has 1 saturated heterocycles. The Hall–Kier alpha value is -2.47. The molecule has 1 aliphatic rings. The lowest BCUT2D eigenvalue weighted by atomic mass is 10.1. The van der Waals surface area contributed by atoms with Crippen molar-refractivity contribution in [1.82, 2.24) is 25.2 Å². The van der Waals surface area contributed by atoms with Gasteiger partial charge in [0.05, 0.1) is 24.9 Å². The molecule has 0 amide bonds. The summed E-state index contributed by atoms with van der Waals surface area (Å²) in [5, 5.41) is 24.5. The number of hydrogen-bond acceptors (Lipinski definition) is 5. The highest BCUT2D eigenvalue weighted by Gasteiger charge is 2.19. The van der Waals surface area contributed by atoms with E-state index >= 15 is 0 Å².